The van der Waals surface area contributed by atoms with E-state index in [0.29, 0.717) is 18.3 Å². The molecular formula is C15H22O2. The lowest BCUT2D eigenvalue weighted by Gasteiger charge is -2.24. The molecule has 0 radical (unpaired) electrons. The summed E-state index contributed by atoms with van der Waals surface area (Å²) in [6.07, 6.45) is 0.364. The first-order chi connectivity index (χ1) is 8.00. The third kappa shape index (κ3) is 4.59. The Kier molecular flexibility index (Phi) is 5.20. The van der Waals surface area contributed by atoms with Crippen molar-refractivity contribution in [3.05, 3.63) is 35.9 Å². The van der Waals surface area contributed by atoms with Crippen LogP contribution in [0.15, 0.2) is 30.3 Å². The summed E-state index contributed by atoms with van der Waals surface area (Å²) < 4.78 is 5.54. The summed E-state index contributed by atoms with van der Waals surface area (Å²) in [4.78, 5) is 11.8. The molecule has 1 aromatic carbocycles. The highest BCUT2D eigenvalue weighted by molar-refractivity contribution is 5.72. The lowest BCUT2D eigenvalue weighted by atomic mass is 9.96. The zero-order valence-corrected chi connectivity index (χ0v) is 11.1. The zero-order chi connectivity index (χ0) is 12.8. The number of hydrogen-bond donors (Lipinski definition) is 0. The molecule has 2 nitrogen and oxygen atoms in total. The van der Waals surface area contributed by atoms with E-state index in [1.54, 1.807) is 0 Å². The summed E-state index contributed by atoms with van der Waals surface area (Å²) in [7, 11) is 0. The molecular weight excluding hydrogens is 212 g/mol. The monoisotopic (exact) mass is 234 g/mol. The maximum atomic E-state index is 11.8. The summed E-state index contributed by atoms with van der Waals surface area (Å²) in [6, 6.07) is 9.71. The fourth-order valence-corrected chi connectivity index (χ4v) is 2.00. The Morgan fingerprint density at radius 1 is 1.06 bits per heavy atom. The van der Waals surface area contributed by atoms with Crippen LogP contribution in [0.2, 0.25) is 0 Å². The van der Waals surface area contributed by atoms with Gasteiger partial charge in [-0.05, 0) is 17.4 Å². The van der Waals surface area contributed by atoms with E-state index in [9.17, 15) is 4.79 Å². The molecule has 0 bridgehead atoms. The first-order valence-electron chi connectivity index (χ1n) is 6.24. The highest BCUT2D eigenvalue weighted by Gasteiger charge is 2.21. The van der Waals surface area contributed by atoms with Gasteiger partial charge in [0.05, 0.1) is 6.42 Å². The molecule has 0 aliphatic carbocycles. The first-order valence-corrected chi connectivity index (χ1v) is 6.24. The third-order valence-corrected chi connectivity index (χ3v) is 2.77. The highest BCUT2D eigenvalue weighted by Crippen LogP contribution is 2.17. The normalized spacial score (nSPS) is 11.2. The molecule has 0 fully saturated rings. The molecule has 0 spiro atoms. The predicted molar refractivity (Wildman–Crippen MR) is 69.7 cm³/mol. The fourth-order valence-electron chi connectivity index (χ4n) is 2.00. The van der Waals surface area contributed by atoms with Crippen molar-refractivity contribution in [3.8, 4) is 0 Å². The Balaban J connectivity index is 2.54. The summed E-state index contributed by atoms with van der Waals surface area (Å²) in [5, 5.41) is 0. The molecule has 0 unspecified atom stereocenters. The second-order valence-electron chi connectivity index (χ2n) is 5.10. The lowest BCUT2D eigenvalue weighted by Crippen LogP contribution is -2.29. The number of benzene rings is 1. The number of rotatable bonds is 5. The summed E-state index contributed by atoms with van der Waals surface area (Å²) in [5.74, 6) is 0.577. The molecule has 0 amide bonds. The van der Waals surface area contributed by atoms with Crippen LogP contribution in [0.1, 0.15) is 33.3 Å². The zero-order valence-electron chi connectivity index (χ0n) is 11.1. The summed E-state index contributed by atoms with van der Waals surface area (Å²) >= 11 is 0. The Labute approximate surface area is 104 Å². The summed E-state index contributed by atoms with van der Waals surface area (Å²) in [5.41, 5.74) is 1.00. The van der Waals surface area contributed by atoms with Crippen LogP contribution in [0.4, 0.5) is 0 Å². The quantitative estimate of drug-likeness (QED) is 0.729. The van der Waals surface area contributed by atoms with Crippen LogP contribution >= 0.6 is 0 Å². The van der Waals surface area contributed by atoms with Crippen LogP contribution in [-0.4, -0.2) is 12.1 Å². The van der Waals surface area contributed by atoms with Gasteiger partial charge in [-0.15, -0.1) is 0 Å². The van der Waals surface area contributed by atoms with Gasteiger partial charge in [0.15, 0.2) is 0 Å². The van der Waals surface area contributed by atoms with E-state index in [-0.39, 0.29) is 12.1 Å². The van der Waals surface area contributed by atoms with Crippen molar-refractivity contribution in [2.45, 2.75) is 40.2 Å². The lowest BCUT2D eigenvalue weighted by molar-refractivity contribution is -0.153. The minimum Gasteiger partial charge on any atom is -0.462 e. The Morgan fingerprint density at radius 3 is 2.06 bits per heavy atom. The van der Waals surface area contributed by atoms with Gasteiger partial charge < -0.3 is 4.74 Å². The number of esters is 1. The molecule has 1 rings (SSSR count). The smallest absolute Gasteiger partial charge is 0.310 e. The maximum Gasteiger partial charge on any atom is 0.310 e. The fraction of sp³-hybridized carbons (Fsp3) is 0.533. The van der Waals surface area contributed by atoms with Gasteiger partial charge in [0.1, 0.15) is 6.10 Å². The molecule has 0 N–H and O–H groups in total. The third-order valence-electron chi connectivity index (χ3n) is 2.77. The molecule has 94 valence electrons. The number of ether oxygens (including phenoxy) is 1. The van der Waals surface area contributed by atoms with Gasteiger partial charge in [-0.3, -0.25) is 4.79 Å². The van der Waals surface area contributed by atoms with E-state index in [4.69, 9.17) is 4.74 Å². The van der Waals surface area contributed by atoms with Crippen molar-refractivity contribution in [1.82, 2.24) is 0 Å². The number of carbonyl (C=O) groups excluding carboxylic acids is 1. The van der Waals surface area contributed by atoms with Crippen LogP contribution in [0.5, 0.6) is 0 Å². The van der Waals surface area contributed by atoms with Crippen molar-refractivity contribution in [1.29, 1.82) is 0 Å². The van der Waals surface area contributed by atoms with Gasteiger partial charge in [0, 0.05) is 0 Å². The molecule has 1 aromatic rings. The van der Waals surface area contributed by atoms with Crippen LogP contribution in [0.3, 0.4) is 0 Å². The molecule has 0 saturated carbocycles. The first kappa shape index (κ1) is 13.8. The molecule has 17 heavy (non-hydrogen) atoms. The average Bonchev–Trinajstić information content (AvgIpc) is 2.26. The molecule has 0 aliphatic rings. The largest absolute Gasteiger partial charge is 0.462 e. The SMILES string of the molecule is CC(C)C(OC(=O)Cc1ccccc1)C(C)C. The van der Waals surface area contributed by atoms with E-state index < -0.39 is 0 Å². The van der Waals surface area contributed by atoms with Gasteiger partial charge in [-0.1, -0.05) is 58.0 Å². The molecule has 0 aromatic heterocycles. The molecule has 2 heteroatoms. The molecule has 0 aliphatic heterocycles. The van der Waals surface area contributed by atoms with Crippen molar-refractivity contribution < 1.29 is 9.53 Å². The van der Waals surface area contributed by atoms with E-state index in [1.807, 2.05) is 30.3 Å². The van der Waals surface area contributed by atoms with Gasteiger partial charge in [0.25, 0.3) is 0 Å². The maximum absolute atomic E-state index is 11.8. The van der Waals surface area contributed by atoms with Crippen LogP contribution in [0.25, 0.3) is 0 Å². The van der Waals surface area contributed by atoms with Crippen molar-refractivity contribution in [2.75, 3.05) is 0 Å². The molecule has 0 heterocycles. The number of hydrogen-bond acceptors (Lipinski definition) is 2. The van der Waals surface area contributed by atoms with Crippen LogP contribution in [-0.2, 0) is 16.0 Å². The Hall–Kier alpha value is -1.31. The van der Waals surface area contributed by atoms with Crippen molar-refractivity contribution >= 4 is 5.97 Å². The van der Waals surface area contributed by atoms with E-state index in [1.165, 1.54) is 0 Å². The van der Waals surface area contributed by atoms with E-state index in [2.05, 4.69) is 27.7 Å². The van der Waals surface area contributed by atoms with Crippen LogP contribution in [0, 0.1) is 11.8 Å². The summed E-state index contributed by atoms with van der Waals surface area (Å²) in [6.45, 7) is 8.34. The average molecular weight is 234 g/mol. The Bertz CT molecular complexity index is 333. The van der Waals surface area contributed by atoms with Crippen LogP contribution < -0.4 is 0 Å². The van der Waals surface area contributed by atoms with Gasteiger partial charge in [-0.25, -0.2) is 0 Å². The molecule has 0 saturated heterocycles. The predicted octanol–water partition coefficient (Wildman–Crippen LogP) is 3.45. The minimum atomic E-state index is -0.136. The second-order valence-corrected chi connectivity index (χ2v) is 5.10. The van der Waals surface area contributed by atoms with E-state index >= 15 is 0 Å². The van der Waals surface area contributed by atoms with Gasteiger partial charge in [-0.2, -0.15) is 0 Å². The topological polar surface area (TPSA) is 26.3 Å². The number of carbonyl (C=O) groups is 1. The minimum absolute atomic E-state index is 0.00575. The standard InChI is InChI=1S/C15H22O2/c1-11(2)15(12(3)4)17-14(16)10-13-8-6-5-7-9-13/h5-9,11-12,15H,10H2,1-4H3. The second kappa shape index (κ2) is 6.43. The van der Waals surface area contributed by atoms with Crippen molar-refractivity contribution in [3.63, 3.8) is 0 Å². The van der Waals surface area contributed by atoms with Gasteiger partial charge >= 0.3 is 5.97 Å². The van der Waals surface area contributed by atoms with Gasteiger partial charge in [0.2, 0.25) is 0 Å². The van der Waals surface area contributed by atoms with Crippen molar-refractivity contribution in [2.24, 2.45) is 11.8 Å². The Morgan fingerprint density at radius 2 is 1.59 bits per heavy atom. The molecule has 0 atom stereocenters. The highest BCUT2D eigenvalue weighted by atomic mass is 16.5. The van der Waals surface area contributed by atoms with E-state index in [0.717, 1.165) is 5.56 Å².